The number of amides is 2. The van der Waals surface area contributed by atoms with E-state index >= 15 is 0 Å². The van der Waals surface area contributed by atoms with Crippen LogP contribution in [0.4, 0.5) is 24.5 Å². The number of aryl methyl sites for hydroxylation is 1. The van der Waals surface area contributed by atoms with Gasteiger partial charge in [0.05, 0.1) is 12.0 Å². The first-order chi connectivity index (χ1) is 13.6. The van der Waals surface area contributed by atoms with Crippen LogP contribution in [0.3, 0.4) is 0 Å². The van der Waals surface area contributed by atoms with Crippen LogP contribution in [0.25, 0.3) is 0 Å². The fourth-order valence-corrected chi connectivity index (χ4v) is 2.26. The lowest BCUT2D eigenvalue weighted by Gasteiger charge is -2.10. The van der Waals surface area contributed by atoms with Crippen LogP contribution >= 0.6 is 0 Å². The number of carbonyl (C=O) groups is 3. The van der Waals surface area contributed by atoms with Gasteiger partial charge in [-0.05, 0) is 37.3 Å². The molecule has 0 aliphatic heterocycles. The van der Waals surface area contributed by atoms with Crippen molar-refractivity contribution >= 4 is 29.2 Å². The monoisotopic (exact) mass is 408 g/mol. The van der Waals surface area contributed by atoms with Crippen molar-refractivity contribution in [3.8, 4) is 0 Å². The maximum absolute atomic E-state index is 12.7. The molecule has 2 N–H and O–H groups in total. The van der Waals surface area contributed by atoms with Crippen LogP contribution in [0, 0.1) is 6.92 Å². The van der Waals surface area contributed by atoms with Crippen LogP contribution in [-0.4, -0.2) is 24.4 Å². The highest BCUT2D eigenvalue weighted by Gasteiger charge is 2.30. The molecule has 0 spiro atoms. The quantitative estimate of drug-likeness (QED) is 0.681. The molecule has 2 aromatic carbocycles. The van der Waals surface area contributed by atoms with E-state index in [4.69, 9.17) is 4.74 Å². The number of benzene rings is 2. The largest absolute Gasteiger partial charge is 0.456 e. The molecule has 0 aliphatic carbocycles. The number of carbonyl (C=O) groups excluding carboxylic acids is 3. The molecule has 0 fully saturated rings. The molecule has 2 amide bonds. The lowest BCUT2D eigenvalue weighted by molar-refractivity contribution is -0.147. The second-order valence-corrected chi connectivity index (χ2v) is 6.20. The first-order valence-corrected chi connectivity index (χ1v) is 8.63. The fourth-order valence-electron chi connectivity index (χ4n) is 2.26. The highest BCUT2D eigenvalue weighted by Crippen LogP contribution is 2.30. The molecule has 6 nitrogen and oxygen atoms in total. The van der Waals surface area contributed by atoms with Crippen LogP contribution in [0.2, 0.25) is 0 Å². The zero-order valence-electron chi connectivity index (χ0n) is 15.5. The maximum atomic E-state index is 12.7. The van der Waals surface area contributed by atoms with Gasteiger partial charge in [0.1, 0.15) is 0 Å². The van der Waals surface area contributed by atoms with E-state index in [9.17, 15) is 27.6 Å². The Balaban J connectivity index is 1.72. The molecule has 0 saturated heterocycles. The lowest BCUT2D eigenvalue weighted by Crippen LogP contribution is -2.21. The molecule has 0 heterocycles. The van der Waals surface area contributed by atoms with E-state index < -0.39 is 36.1 Å². The Labute approximate surface area is 165 Å². The third-order valence-corrected chi connectivity index (χ3v) is 3.73. The minimum absolute atomic E-state index is 0.0318. The molecule has 0 bridgehead atoms. The summed E-state index contributed by atoms with van der Waals surface area (Å²) in [6.45, 7) is 1.39. The zero-order valence-corrected chi connectivity index (χ0v) is 15.5. The molecule has 0 radical (unpaired) electrons. The Morgan fingerprint density at radius 2 is 1.55 bits per heavy atom. The minimum atomic E-state index is -4.52. The smallest absolute Gasteiger partial charge is 0.416 e. The topological polar surface area (TPSA) is 84.5 Å². The Kier molecular flexibility index (Phi) is 7.35. The molecule has 0 atom stereocenters. The second kappa shape index (κ2) is 9.72. The molecule has 29 heavy (non-hydrogen) atoms. The van der Waals surface area contributed by atoms with Gasteiger partial charge in [-0.2, -0.15) is 13.2 Å². The van der Waals surface area contributed by atoms with E-state index in [1.807, 2.05) is 19.1 Å². The second-order valence-electron chi connectivity index (χ2n) is 6.20. The number of nitrogens with one attached hydrogen (secondary N) is 2. The molecule has 154 valence electrons. The molecule has 9 heteroatoms. The van der Waals surface area contributed by atoms with Crippen molar-refractivity contribution in [2.45, 2.75) is 25.9 Å². The summed E-state index contributed by atoms with van der Waals surface area (Å²) in [6.07, 6.45) is -5.14. The van der Waals surface area contributed by atoms with Gasteiger partial charge in [-0.3, -0.25) is 14.4 Å². The zero-order chi connectivity index (χ0) is 21.4. The summed E-state index contributed by atoms with van der Waals surface area (Å²) in [5.41, 5.74) is 0.653. The fraction of sp³-hybridized carbons (Fsp3) is 0.250. The van der Waals surface area contributed by atoms with Gasteiger partial charge in [0.25, 0.3) is 5.91 Å². The summed E-state index contributed by atoms with van der Waals surface area (Å²) >= 11 is 0. The Morgan fingerprint density at radius 1 is 0.897 bits per heavy atom. The first kappa shape index (κ1) is 21.9. The van der Waals surface area contributed by atoms with Gasteiger partial charge in [0.15, 0.2) is 6.61 Å². The first-order valence-electron chi connectivity index (χ1n) is 8.63. The lowest BCUT2D eigenvalue weighted by atomic mass is 10.2. The number of hydrogen-bond acceptors (Lipinski definition) is 4. The highest BCUT2D eigenvalue weighted by atomic mass is 19.4. The van der Waals surface area contributed by atoms with E-state index in [0.717, 1.165) is 17.7 Å². The van der Waals surface area contributed by atoms with Gasteiger partial charge < -0.3 is 15.4 Å². The molecule has 2 rings (SSSR count). The molecule has 0 saturated carbocycles. The third-order valence-electron chi connectivity index (χ3n) is 3.73. The highest BCUT2D eigenvalue weighted by molar-refractivity contribution is 5.94. The van der Waals surface area contributed by atoms with E-state index in [1.54, 1.807) is 12.1 Å². The standard InChI is InChI=1S/C20H19F3N2O4/c1-13-5-7-15(8-6-13)24-18(27)12-29-19(28)10-9-17(26)25-16-4-2-3-14(11-16)20(21,22)23/h2-8,11H,9-10,12H2,1H3,(H,24,27)(H,25,26). The molecular formula is C20H19F3N2O4. The average molecular weight is 408 g/mol. The van der Waals surface area contributed by atoms with Crippen molar-refractivity contribution in [3.05, 3.63) is 59.7 Å². The number of ether oxygens (including phenoxy) is 1. The van der Waals surface area contributed by atoms with E-state index in [1.165, 1.54) is 12.1 Å². The molecular weight excluding hydrogens is 389 g/mol. The Bertz CT molecular complexity index is 880. The molecule has 2 aromatic rings. The summed E-state index contributed by atoms with van der Waals surface area (Å²) < 4.78 is 42.8. The maximum Gasteiger partial charge on any atom is 0.416 e. The summed E-state index contributed by atoms with van der Waals surface area (Å²) in [7, 11) is 0. The van der Waals surface area contributed by atoms with Gasteiger partial charge in [0, 0.05) is 17.8 Å². The van der Waals surface area contributed by atoms with Crippen LogP contribution in [0.15, 0.2) is 48.5 Å². The van der Waals surface area contributed by atoms with Crippen molar-refractivity contribution in [1.29, 1.82) is 0 Å². The van der Waals surface area contributed by atoms with Crippen molar-refractivity contribution in [2.75, 3.05) is 17.2 Å². The number of alkyl halides is 3. The predicted molar refractivity (Wildman–Crippen MR) is 100 cm³/mol. The van der Waals surface area contributed by atoms with Gasteiger partial charge in [-0.15, -0.1) is 0 Å². The van der Waals surface area contributed by atoms with Crippen molar-refractivity contribution in [3.63, 3.8) is 0 Å². The number of rotatable bonds is 7. The van der Waals surface area contributed by atoms with Crippen LogP contribution in [-0.2, 0) is 25.3 Å². The van der Waals surface area contributed by atoms with E-state index in [2.05, 4.69) is 10.6 Å². The number of esters is 1. The summed E-state index contributed by atoms with van der Waals surface area (Å²) in [6, 6.07) is 11.2. The molecule has 0 aliphatic rings. The summed E-state index contributed by atoms with van der Waals surface area (Å²) in [5.74, 6) is -1.95. The van der Waals surface area contributed by atoms with Gasteiger partial charge in [0.2, 0.25) is 5.91 Å². The predicted octanol–water partition coefficient (Wildman–Crippen LogP) is 3.91. The van der Waals surface area contributed by atoms with Gasteiger partial charge in [-0.25, -0.2) is 0 Å². The van der Waals surface area contributed by atoms with Crippen LogP contribution < -0.4 is 10.6 Å². The molecule has 0 unspecified atom stereocenters. The number of halogens is 3. The normalized spacial score (nSPS) is 10.9. The van der Waals surface area contributed by atoms with Crippen molar-refractivity contribution in [2.24, 2.45) is 0 Å². The molecule has 0 aromatic heterocycles. The average Bonchev–Trinajstić information content (AvgIpc) is 2.66. The Hall–Kier alpha value is -3.36. The number of anilines is 2. The van der Waals surface area contributed by atoms with Crippen LogP contribution in [0.1, 0.15) is 24.0 Å². The van der Waals surface area contributed by atoms with Crippen molar-refractivity contribution < 1.29 is 32.3 Å². The van der Waals surface area contributed by atoms with Gasteiger partial charge in [-0.1, -0.05) is 23.8 Å². The third kappa shape index (κ3) is 7.65. The summed E-state index contributed by atoms with van der Waals surface area (Å²) in [4.78, 5) is 35.2. The minimum Gasteiger partial charge on any atom is -0.456 e. The van der Waals surface area contributed by atoms with E-state index in [0.29, 0.717) is 5.69 Å². The Morgan fingerprint density at radius 3 is 2.21 bits per heavy atom. The van der Waals surface area contributed by atoms with Crippen LogP contribution in [0.5, 0.6) is 0 Å². The van der Waals surface area contributed by atoms with Gasteiger partial charge >= 0.3 is 12.1 Å². The SMILES string of the molecule is Cc1ccc(NC(=O)COC(=O)CCC(=O)Nc2cccc(C(F)(F)F)c2)cc1. The van der Waals surface area contributed by atoms with E-state index in [-0.39, 0.29) is 18.5 Å². The summed E-state index contributed by atoms with van der Waals surface area (Å²) in [5, 5.41) is 4.84. The number of hydrogen-bond donors (Lipinski definition) is 2. The van der Waals surface area contributed by atoms with Crippen molar-refractivity contribution in [1.82, 2.24) is 0 Å².